The van der Waals surface area contributed by atoms with Crippen molar-refractivity contribution in [3.63, 3.8) is 0 Å². The van der Waals surface area contributed by atoms with Crippen molar-refractivity contribution in [1.82, 2.24) is 9.55 Å². The largest absolute Gasteiger partial charge is 0.324 e. The van der Waals surface area contributed by atoms with Gasteiger partial charge in [0.05, 0.1) is 21.8 Å². The fourth-order valence-corrected chi connectivity index (χ4v) is 3.94. The monoisotopic (exact) mass is 409 g/mol. The van der Waals surface area contributed by atoms with Gasteiger partial charge < -0.3 is 5.32 Å². The molecule has 1 aromatic heterocycles. The molecule has 6 nitrogen and oxygen atoms in total. The lowest BCUT2D eigenvalue weighted by Gasteiger charge is -2.16. The Bertz CT molecular complexity index is 1120. The number of nitrogens with one attached hydrogen (secondary N) is 1. The van der Waals surface area contributed by atoms with Crippen LogP contribution >= 0.6 is 11.8 Å². The van der Waals surface area contributed by atoms with Gasteiger partial charge in [0.25, 0.3) is 5.56 Å². The van der Waals surface area contributed by atoms with Gasteiger partial charge >= 0.3 is 0 Å². The maximum atomic E-state index is 12.9. The first-order valence-electron chi connectivity index (χ1n) is 9.49. The van der Waals surface area contributed by atoms with E-state index in [9.17, 15) is 14.4 Å². The lowest BCUT2D eigenvalue weighted by Crippen LogP contribution is -2.27. The standard InChI is InChI=1S/C22H23N3O3S/c1-4-13-25-21(28)17-10-6-8-12-19(17)24-22(25)29-15(3)20(27)23-18-11-7-5-9-16(18)14(2)26/h5-12,15H,4,13H2,1-3H3,(H,23,27). The van der Waals surface area contributed by atoms with Crippen LogP contribution in [0.5, 0.6) is 0 Å². The quantitative estimate of drug-likeness (QED) is 0.360. The highest BCUT2D eigenvalue weighted by atomic mass is 32.2. The van der Waals surface area contributed by atoms with E-state index in [1.54, 1.807) is 47.9 Å². The van der Waals surface area contributed by atoms with Gasteiger partial charge in [-0.1, -0.05) is 43.0 Å². The third-order valence-corrected chi connectivity index (χ3v) is 5.58. The molecular formula is C22H23N3O3S. The lowest BCUT2D eigenvalue weighted by molar-refractivity contribution is -0.115. The number of nitrogens with zero attached hydrogens (tertiary/aromatic N) is 2. The highest BCUT2D eigenvalue weighted by Gasteiger charge is 2.20. The molecule has 0 aliphatic carbocycles. The number of amides is 1. The summed E-state index contributed by atoms with van der Waals surface area (Å²) < 4.78 is 1.63. The van der Waals surface area contributed by atoms with E-state index in [0.717, 1.165) is 6.42 Å². The van der Waals surface area contributed by atoms with Gasteiger partial charge in [-0.15, -0.1) is 0 Å². The second-order valence-corrected chi connectivity index (χ2v) is 8.03. The third kappa shape index (κ3) is 4.56. The minimum Gasteiger partial charge on any atom is -0.324 e. The molecule has 3 aromatic rings. The summed E-state index contributed by atoms with van der Waals surface area (Å²) in [5.41, 5.74) is 1.45. The van der Waals surface area contributed by atoms with Crippen molar-refractivity contribution in [2.45, 2.75) is 44.1 Å². The summed E-state index contributed by atoms with van der Waals surface area (Å²) in [5.74, 6) is -0.372. The predicted octanol–water partition coefficient (Wildman–Crippen LogP) is 4.13. The number of fused-ring (bicyclic) bond motifs is 1. The summed E-state index contributed by atoms with van der Waals surface area (Å²) in [7, 11) is 0. The Morgan fingerprint density at radius 3 is 2.55 bits per heavy atom. The van der Waals surface area contributed by atoms with E-state index >= 15 is 0 Å². The Morgan fingerprint density at radius 2 is 1.83 bits per heavy atom. The molecule has 29 heavy (non-hydrogen) atoms. The van der Waals surface area contributed by atoms with Crippen molar-refractivity contribution in [3.8, 4) is 0 Å². The van der Waals surface area contributed by atoms with Crippen LogP contribution in [0.2, 0.25) is 0 Å². The van der Waals surface area contributed by atoms with E-state index < -0.39 is 5.25 Å². The second-order valence-electron chi connectivity index (χ2n) is 6.72. The number of rotatable bonds is 7. The summed E-state index contributed by atoms with van der Waals surface area (Å²) in [5, 5.41) is 3.39. The number of hydrogen-bond donors (Lipinski definition) is 1. The van der Waals surface area contributed by atoms with Crippen LogP contribution in [0.3, 0.4) is 0 Å². The van der Waals surface area contributed by atoms with Gasteiger partial charge in [0.15, 0.2) is 10.9 Å². The first-order chi connectivity index (χ1) is 13.9. The SMILES string of the molecule is CCCn1c(SC(C)C(=O)Nc2ccccc2C(C)=O)nc2ccccc2c1=O. The highest BCUT2D eigenvalue weighted by molar-refractivity contribution is 8.00. The van der Waals surface area contributed by atoms with Crippen molar-refractivity contribution in [2.24, 2.45) is 0 Å². The number of para-hydroxylation sites is 2. The molecule has 150 valence electrons. The number of carbonyl (C=O) groups is 2. The first-order valence-corrected chi connectivity index (χ1v) is 10.4. The molecule has 0 aliphatic heterocycles. The topological polar surface area (TPSA) is 81.1 Å². The molecule has 0 radical (unpaired) electrons. The molecule has 1 heterocycles. The van der Waals surface area contributed by atoms with E-state index in [1.165, 1.54) is 18.7 Å². The molecule has 1 atom stereocenters. The van der Waals surface area contributed by atoms with E-state index in [2.05, 4.69) is 10.3 Å². The van der Waals surface area contributed by atoms with E-state index in [-0.39, 0.29) is 17.2 Å². The van der Waals surface area contributed by atoms with Crippen LogP contribution < -0.4 is 10.9 Å². The Balaban J connectivity index is 1.88. The molecule has 1 amide bonds. The smallest absolute Gasteiger partial charge is 0.262 e. The number of carbonyl (C=O) groups excluding carboxylic acids is 2. The fraction of sp³-hybridized carbons (Fsp3) is 0.273. The van der Waals surface area contributed by atoms with E-state index in [1.807, 2.05) is 19.1 Å². The van der Waals surface area contributed by atoms with Gasteiger partial charge in [-0.05, 0) is 44.5 Å². The zero-order chi connectivity index (χ0) is 21.0. The molecule has 3 rings (SSSR count). The van der Waals surface area contributed by atoms with Gasteiger partial charge in [0.2, 0.25) is 5.91 Å². The molecule has 0 spiro atoms. The number of ketones is 1. The van der Waals surface area contributed by atoms with Gasteiger partial charge in [-0.25, -0.2) is 4.98 Å². The average Bonchev–Trinajstić information content (AvgIpc) is 2.71. The molecule has 1 unspecified atom stereocenters. The van der Waals surface area contributed by atoms with Crippen molar-refractivity contribution < 1.29 is 9.59 Å². The zero-order valence-corrected chi connectivity index (χ0v) is 17.5. The van der Waals surface area contributed by atoms with Crippen LogP contribution in [-0.2, 0) is 11.3 Å². The zero-order valence-electron chi connectivity index (χ0n) is 16.6. The van der Waals surface area contributed by atoms with Crippen LogP contribution in [0.25, 0.3) is 10.9 Å². The Hall–Kier alpha value is -2.93. The van der Waals surface area contributed by atoms with Gasteiger partial charge in [0, 0.05) is 12.1 Å². The number of Topliss-reactive ketones (excluding diaryl/α,β-unsaturated/α-hetero) is 1. The molecule has 0 bridgehead atoms. The van der Waals surface area contributed by atoms with Gasteiger partial charge in [-0.3, -0.25) is 19.0 Å². The van der Waals surface area contributed by atoms with Crippen molar-refractivity contribution >= 4 is 40.0 Å². The molecule has 2 aromatic carbocycles. The lowest BCUT2D eigenvalue weighted by atomic mass is 10.1. The van der Waals surface area contributed by atoms with Crippen LogP contribution in [0.4, 0.5) is 5.69 Å². The van der Waals surface area contributed by atoms with Crippen LogP contribution in [0.1, 0.15) is 37.6 Å². The number of hydrogen-bond acceptors (Lipinski definition) is 5. The molecule has 1 N–H and O–H groups in total. The molecule has 0 saturated carbocycles. The summed E-state index contributed by atoms with van der Waals surface area (Å²) in [6.45, 7) is 5.74. The fourth-order valence-electron chi connectivity index (χ4n) is 3.00. The van der Waals surface area contributed by atoms with Crippen molar-refractivity contribution in [1.29, 1.82) is 0 Å². The molecule has 0 fully saturated rings. The summed E-state index contributed by atoms with van der Waals surface area (Å²) >= 11 is 1.24. The Morgan fingerprint density at radius 1 is 1.14 bits per heavy atom. The summed E-state index contributed by atoms with van der Waals surface area (Å²) in [6, 6.07) is 14.1. The van der Waals surface area contributed by atoms with Crippen LogP contribution in [0, 0.1) is 0 Å². The maximum Gasteiger partial charge on any atom is 0.262 e. The van der Waals surface area contributed by atoms with Gasteiger partial charge in [0.1, 0.15) is 0 Å². The van der Waals surface area contributed by atoms with Gasteiger partial charge in [-0.2, -0.15) is 0 Å². The van der Waals surface area contributed by atoms with Crippen LogP contribution in [-0.4, -0.2) is 26.5 Å². The molecular weight excluding hydrogens is 386 g/mol. The summed E-state index contributed by atoms with van der Waals surface area (Å²) in [4.78, 5) is 42.0. The number of thioether (sulfide) groups is 1. The van der Waals surface area contributed by atoms with E-state index in [4.69, 9.17) is 0 Å². The van der Waals surface area contributed by atoms with Crippen LogP contribution in [0.15, 0.2) is 58.5 Å². The Labute approximate surface area is 173 Å². The maximum absolute atomic E-state index is 12.9. The number of benzene rings is 2. The third-order valence-electron chi connectivity index (χ3n) is 4.49. The van der Waals surface area contributed by atoms with Crippen molar-refractivity contribution in [2.75, 3.05) is 5.32 Å². The molecule has 0 saturated heterocycles. The molecule has 0 aliphatic rings. The van der Waals surface area contributed by atoms with E-state index in [0.29, 0.717) is 33.9 Å². The predicted molar refractivity (Wildman–Crippen MR) is 117 cm³/mol. The van der Waals surface area contributed by atoms with Crippen molar-refractivity contribution in [3.05, 3.63) is 64.4 Å². The minimum absolute atomic E-state index is 0.102. The average molecular weight is 410 g/mol. The number of aromatic nitrogens is 2. The second kappa shape index (κ2) is 9.05. The molecule has 7 heteroatoms. The number of anilines is 1. The minimum atomic E-state index is -0.508. The highest BCUT2D eigenvalue weighted by Crippen LogP contribution is 2.24. The first kappa shape index (κ1) is 20.8. The normalized spacial score (nSPS) is 12.0. The summed E-state index contributed by atoms with van der Waals surface area (Å²) in [6.07, 6.45) is 0.778. The Kier molecular flexibility index (Phi) is 6.49.